The van der Waals surface area contributed by atoms with Gasteiger partial charge in [-0.1, -0.05) is 31.0 Å². The highest BCUT2D eigenvalue weighted by Gasteiger charge is 2.34. The summed E-state index contributed by atoms with van der Waals surface area (Å²) in [6.45, 7) is 6.23. The van der Waals surface area contributed by atoms with Gasteiger partial charge in [0.15, 0.2) is 0 Å². The molecule has 26 heavy (non-hydrogen) atoms. The fourth-order valence-corrected chi connectivity index (χ4v) is 5.73. The molecule has 1 aliphatic heterocycles. The minimum absolute atomic E-state index is 0.320. The largest absolute Gasteiger partial charge is 0.243 e. The van der Waals surface area contributed by atoms with Gasteiger partial charge in [0.1, 0.15) is 5.82 Å². The van der Waals surface area contributed by atoms with Gasteiger partial charge in [-0.2, -0.15) is 4.31 Å². The molecule has 0 saturated carbocycles. The van der Waals surface area contributed by atoms with Crippen molar-refractivity contribution < 1.29 is 12.8 Å². The molecular formula is C21H26FNO2S. The third kappa shape index (κ3) is 3.69. The van der Waals surface area contributed by atoms with Crippen LogP contribution in [0.1, 0.15) is 54.0 Å². The molecule has 0 unspecified atom stereocenters. The third-order valence-electron chi connectivity index (χ3n) is 5.32. The van der Waals surface area contributed by atoms with Gasteiger partial charge in [-0.25, -0.2) is 12.8 Å². The van der Waals surface area contributed by atoms with Gasteiger partial charge in [0, 0.05) is 6.54 Å². The molecule has 3 nitrogen and oxygen atoms in total. The minimum atomic E-state index is -3.65. The first-order chi connectivity index (χ1) is 12.3. The first-order valence-electron chi connectivity index (χ1n) is 9.16. The standard InChI is InChI=1S/C21H26FNO2S/c1-15-12-17(3)21(13-16(15)2)26(24,25)23-11-6-4-5-10-20(23)18-8-7-9-19(22)14-18/h7-9,12-14,20H,4-6,10-11H2,1-3H3/t20-/m0/s1. The van der Waals surface area contributed by atoms with Crippen LogP contribution in [-0.4, -0.2) is 19.3 Å². The van der Waals surface area contributed by atoms with Crippen LogP contribution in [0.25, 0.3) is 0 Å². The zero-order valence-corrected chi connectivity index (χ0v) is 16.4. The lowest BCUT2D eigenvalue weighted by atomic mass is 10.0. The number of hydrogen-bond acceptors (Lipinski definition) is 2. The van der Waals surface area contributed by atoms with Crippen molar-refractivity contribution in [1.82, 2.24) is 4.31 Å². The van der Waals surface area contributed by atoms with Crippen molar-refractivity contribution >= 4 is 10.0 Å². The molecule has 3 rings (SSSR count). The molecule has 2 aromatic carbocycles. The normalized spacial score (nSPS) is 19.3. The van der Waals surface area contributed by atoms with Crippen molar-refractivity contribution in [3.63, 3.8) is 0 Å². The maximum absolute atomic E-state index is 13.8. The summed E-state index contributed by atoms with van der Waals surface area (Å²) in [5.74, 6) is -0.327. The summed E-state index contributed by atoms with van der Waals surface area (Å²) in [5, 5.41) is 0. The van der Waals surface area contributed by atoms with E-state index in [2.05, 4.69) is 0 Å². The Balaban J connectivity index is 2.09. The molecule has 5 heteroatoms. The van der Waals surface area contributed by atoms with Crippen LogP contribution < -0.4 is 0 Å². The Labute approximate surface area is 155 Å². The van der Waals surface area contributed by atoms with Crippen molar-refractivity contribution in [3.05, 3.63) is 64.5 Å². The van der Waals surface area contributed by atoms with Gasteiger partial charge >= 0.3 is 0 Å². The van der Waals surface area contributed by atoms with Gasteiger partial charge in [0.25, 0.3) is 0 Å². The summed E-state index contributed by atoms with van der Waals surface area (Å²) >= 11 is 0. The number of halogens is 1. The second kappa shape index (κ2) is 7.49. The molecule has 2 aromatic rings. The first-order valence-corrected chi connectivity index (χ1v) is 10.6. The lowest BCUT2D eigenvalue weighted by Gasteiger charge is -2.30. The van der Waals surface area contributed by atoms with E-state index in [9.17, 15) is 12.8 Å². The fraction of sp³-hybridized carbons (Fsp3) is 0.429. The van der Waals surface area contributed by atoms with Crippen molar-refractivity contribution in [2.45, 2.75) is 57.4 Å². The van der Waals surface area contributed by atoms with Gasteiger partial charge in [-0.15, -0.1) is 0 Å². The van der Waals surface area contributed by atoms with Gasteiger partial charge in [-0.05, 0) is 74.1 Å². The van der Waals surface area contributed by atoms with Gasteiger partial charge in [0.05, 0.1) is 10.9 Å². The molecule has 1 aliphatic rings. The lowest BCUT2D eigenvalue weighted by Crippen LogP contribution is -2.35. The number of benzene rings is 2. The first kappa shape index (κ1) is 19.1. The van der Waals surface area contributed by atoms with E-state index in [1.54, 1.807) is 16.4 Å². The average molecular weight is 376 g/mol. The zero-order valence-electron chi connectivity index (χ0n) is 15.6. The lowest BCUT2D eigenvalue weighted by molar-refractivity contribution is 0.328. The molecular weight excluding hydrogens is 349 g/mol. The van der Waals surface area contributed by atoms with Crippen molar-refractivity contribution in [2.24, 2.45) is 0 Å². The fourth-order valence-electron chi connectivity index (χ4n) is 3.75. The highest BCUT2D eigenvalue weighted by atomic mass is 32.2. The number of hydrogen-bond donors (Lipinski definition) is 0. The van der Waals surface area contributed by atoms with E-state index in [0.717, 1.165) is 41.5 Å². The van der Waals surface area contributed by atoms with Crippen LogP contribution in [0.5, 0.6) is 0 Å². The van der Waals surface area contributed by atoms with Crippen LogP contribution in [0.4, 0.5) is 4.39 Å². The highest BCUT2D eigenvalue weighted by Crippen LogP contribution is 2.36. The Hall–Kier alpha value is -1.72. The maximum atomic E-state index is 13.8. The third-order valence-corrected chi connectivity index (χ3v) is 7.37. The maximum Gasteiger partial charge on any atom is 0.243 e. The SMILES string of the molecule is Cc1cc(C)c(S(=O)(=O)N2CCCCC[C@H]2c2cccc(F)c2)cc1C. The van der Waals surface area contributed by atoms with Crippen molar-refractivity contribution in [3.8, 4) is 0 Å². The highest BCUT2D eigenvalue weighted by molar-refractivity contribution is 7.89. The molecule has 140 valence electrons. The summed E-state index contributed by atoms with van der Waals surface area (Å²) in [7, 11) is -3.65. The Morgan fingerprint density at radius 1 is 0.962 bits per heavy atom. The number of rotatable bonds is 3. The average Bonchev–Trinajstić information content (AvgIpc) is 2.84. The van der Waals surface area contributed by atoms with Crippen LogP contribution in [0.2, 0.25) is 0 Å². The molecule has 0 aliphatic carbocycles. The molecule has 1 fully saturated rings. The Bertz CT molecular complexity index is 908. The molecule has 0 N–H and O–H groups in total. The second-order valence-electron chi connectivity index (χ2n) is 7.24. The van der Waals surface area contributed by atoms with Crippen LogP contribution >= 0.6 is 0 Å². The summed E-state index contributed by atoms with van der Waals surface area (Å²) < 4.78 is 42.4. The predicted molar refractivity (Wildman–Crippen MR) is 102 cm³/mol. The minimum Gasteiger partial charge on any atom is -0.207 e. The second-order valence-corrected chi connectivity index (χ2v) is 9.10. The number of sulfonamides is 1. The summed E-state index contributed by atoms with van der Waals surface area (Å²) in [4.78, 5) is 0.365. The number of aryl methyl sites for hydroxylation is 3. The van der Waals surface area contributed by atoms with E-state index in [0.29, 0.717) is 17.9 Å². The van der Waals surface area contributed by atoms with Crippen molar-refractivity contribution in [1.29, 1.82) is 0 Å². The monoisotopic (exact) mass is 375 g/mol. The Morgan fingerprint density at radius 2 is 1.69 bits per heavy atom. The molecule has 0 aromatic heterocycles. The molecule has 0 radical (unpaired) electrons. The van der Waals surface area contributed by atoms with Crippen LogP contribution in [-0.2, 0) is 10.0 Å². The van der Waals surface area contributed by atoms with Gasteiger partial charge in [0.2, 0.25) is 10.0 Å². The number of nitrogens with zero attached hydrogens (tertiary/aromatic N) is 1. The molecule has 0 amide bonds. The quantitative estimate of drug-likeness (QED) is 0.752. The van der Waals surface area contributed by atoms with Gasteiger partial charge < -0.3 is 0 Å². The van der Waals surface area contributed by atoms with E-state index in [4.69, 9.17) is 0 Å². The van der Waals surface area contributed by atoms with Gasteiger partial charge in [-0.3, -0.25) is 0 Å². The zero-order chi connectivity index (χ0) is 18.9. The topological polar surface area (TPSA) is 37.4 Å². The Kier molecular flexibility index (Phi) is 5.49. The molecule has 1 saturated heterocycles. The molecule has 0 spiro atoms. The van der Waals surface area contributed by atoms with E-state index in [1.807, 2.05) is 32.9 Å². The summed E-state index contributed by atoms with van der Waals surface area (Å²) in [5.41, 5.74) is 3.54. The van der Waals surface area contributed by atoms with Crippen molar-refractivity contribution in [2.75, 3.05) is 6.54 Å². The Morgan fingerprint density at radius 3 is 2.42 bits per heavy atom. The van der Waals surface area contributed by atoms with Crippen LogP contribution in [0.3, 0.4) is 0 Å². The summed E-state index contributed by atoms with van der Waals surface area (Å²) in [6.07, 6.45) is 3.48. The smallest absolute Gasteiger partial charge is 0.207 e. The molecule has 1 atom stereocenters. The van der Waals surface area contributed by atoms with Crippen LogP contribution in [0, 0.1) is 26.6 Å². The van der Waals surface area contributed by atoms with E-state index >= 15 is 0 Å². The molecule has 1 heterocycles. The van der Waals surface area contributed by atoms with E-state index in [1.165, 1.54) is 12.1 Å². The van der Waals surface area contributed by atoms with E-state index < -0.39 is 10.0 Å². The predicted octanol–water partition coefficient (Wildman–Crippen LogP) is 5.06. The van der Waals surface area contributed by atoms with Crippen LogP contribution in [0.15, 0.2) is 41.3 Å². The summed E-state index contributed by atoms with van der Waals surface area (Å²) in [6, 6.07) is 9.72. The molecule has 0 bridgehead atoms. The van der Waals surface area contributed by atoms with E-state index in [-0.39, 0.29) is 11.9 Å².